The Kier molecular flexibility index (Phi) is 5.97. The number of amides is 2. The fourth-order valence-electron chi connectivity index (χ4n) is 2.63. The number of carbonyl (C=O) groups excluding carboxylic acids is 2. The molecule has 122 valence electrons. The Labute approximate surface area is 129 Å². The lowest BCUT2D eigenvalue weighted by Gasteiger charge is -2.30. The van der Waals surface area contributed by atoms with E-state index >= 15 is 0 Å². The molecule has 0 saturated carbocycles. The minimum absolute atomic E-state index is 0.0777. The van der Waals surface area contributed by atoms with Crippen LogP contribution in [-0.2, 0) is 16.1 Å². The van der Waals surface area contributed by atoms with Crippen molar-refractivity contribution in [2.45, 2.75) is 19.4 Å². The van der Waals surface area contributed by atoms with Crippen molar-refractivity contribution in [3.05, 3.63) is 23.7 Å². The molecule has 1 aromatic heterocycles. The molecule has 1 fully saturated rings. The quantitative estimate of drug-likeness (QED) is 0.757. The van der Waals surface area contributed by atoms with Crippen molar-refractivity contribution in [3.63, 3.8) is 0 Å². The lowest BCUT2D eigenvalue weighted by Crippen LogP contribution is -2.44. The highest BCUT2D eigenvalue weighted by molar-refractivity contribution is 5.91. The highest BCUT2D eigenvalue weighted by atomic mass is 16.5. The van der Waals surface area contributed by atoms with E-state index in [1.54, 1.807) is 19.2 Å². The Bertz CT molecular complexity index is 515. The summed E-state index contributed by atoms with van der Waals surface area (Å²) in [6.45, 7) is 3.14. The van der Waals surface area contributed by atoms with Crippen molar-refractivity contribution in [3.8, 4) is 0 Å². The molecule has 1 aliphatic heterocycles. The largest absolute Gasteiger partial charge is 0.453 e. The van der Waals surface area contributed by atoms with E-state index in [2.05, 4.69) is 10.2 Å². The molecule has 2 heterocycles. The molecular weight excluding hydrogens is 286 g/mol. The van der Waals surface area contributed by atoms with Crippen LogP contribution in [0.3, 0.4) is 0 Å². The second-order valence-electron chi connectivity index (χ2n) is 5.50. The van der Waals surface area contributed by atoms with Crippen molar-refractivity contribution >= 4 is 11.8 Å². The van der Waals surface area contributed by atoms with Crippen LogP contribution in [-0.4, -0.2) is 50.0 Å². The molecule has 7 nitrogen and oxygen atoms in total. The van der Waals surface area contributed by atoms with Crippen molar-refractivity contribution in [2.75, 3.05) is 33.3 Å². The van der Waals surface area contributed by atoms with E-state index < -0.39 is 0 Å². The summed E-state index contributed by atoms with van der Waals surface area (Å²) in [4.78, 5) is 25.3. The number of ether oxygens (including phenoxy) is 1. The smallest absolute Gasteiger partial charge is 0.287 e. The monoisotopic (exact) mass is 309 g/mol. The van der Waals surface area contributed by atoms with Gasteiger partial charge in [0.05, 0.1) is 5.92 Å². The average molecular weight is 309 g/mol. The van der Waals surface area contributed by atoms with E-state index in [1.807, 2.05) is 0 Å². The van der Waals surface area contributed by atoms with Crippen LogP contribution in [0.2, 0.25) is 0 Å². The standard InChI is InChI=1S/C15H23N3O4/c1-21-10-12-4-5-13(22-12)15(20)17-6-8-18-7-2-3-11(9-18)14(16)19/h4-5,11H,2-3,6-10H2,1H3,(H2,16,19)(H,17,20). The second kappa shape index (κ2) is 7.95. The highest BCUT2D eigenvalue weighted by Crippen LogP contribution is 2.15. The number of nitrogens with one attached hydrogen (secondary N) is 1. The third-order valence-corrected chi connectivity index (χ3v) is 3.79. The first-order valence-electron chi connectivity index (χ1n) is 7.47. The molecule has 0 aromatic carbocycles. The van der Waals surface area contributed by atoms with Crippen LogP contribution in [0, 0.1) is 5.92 Å². The van der Waals surface area contributed by atoms with Crippen LogP contribution < -0.4 is 11.1 Å². The number of primary amides is 1. The predicted octanol–water partition coefficient (Wildman–Crippen LogP) is 0.353. The number of hydrogen-bond donors (Lipinski definition) is 2. The van der Waals surface area contributed by atoms with Crippen molar-refractivity contribution in [1.82, 2.24) is 10.2 Å². The minimum Gasteiger partial charge on any atom is -0.453 e. The first kappa shape index (κ1) is 16.5. The summed E-state index contributed by atoms with van der Waals surface area (Å²) in [6.07, 6.45) is 1.81. The van der Waals surface area contributed by atoms with E-state index in [9.17, 15) is 9.59 Å². The summed E-state index contributed by atoms with van der Waals surface area (Å²) in [5.41, 5.74) is 5.35. The van der Waals surface area contributed by atoms with E-state index in [4.69, 9.17) is 14.9 Å². The van der Waals surface area contributed by atoms with Gasteiger partial charge in [-0.2, -0.15) is 0 Å². The Hall–Kier alpha value is -1.86. The number of nitrogens with zero attached hydrogens (tertiary/aromatic N) is 1. The third kappa shape index (κ3) is 4.57. The van der Waals surface area contributed by atoms with Crippen LogP contribution in [0.15, 0.2) is 16.5 Å². The first-order chi connectivity index (χ1) is 10.6. The number of furan rings is 1. The molecule has 0 spiro atoms. The fourth-order valence-corrected chi connectivity index (χ4v) is 2.63. The minimum atomic E-state index is -0.245. The molecule has 0 aliphatic carbocycles. The summed E-state index contributed by atoms with van der Waals surface area (Å²) in [5, 5.41) is 2.81. The zero-order chi connectivity index (χ0) is 15.9. The van der Waals surface area contributed by atoms with Gasteiger partial charge in [-0.05, 0) is 31.5 Å². The number of hydrogen-bond acceptors (Lipinski definition) is 5. The molecule has 0 bridgehead atoms. The van der Waals surface area contributed by atoms with Gasteiger partial charge in [-0.25, -0.2) is 0 Å². The normalized spacial score (nSPS) is 19.0. The van der Waals surface area contributed by atoms with Gasteiger partial charge in [0.25, 0.3) is 5.91 Å². The van der Waals surface area contributed by atoms with E-state index in [0.717, 1.165) is 19.4 Å². The summed E-state index contributed by atoms with van der Waals surface area (Å²) < 4.78 is 10.3. The van der Waals surface area contributed by atoms with Gasteiger partial charge in [0.2, 0.25) is 5.91 Å². The molecule has 1 atom stereocenters. The van der Waals surface area contributed by atoms with E-state index in [0.29, 0.717) is 32.0 Å². The van der Waals surface area contributed by atoms with Gasteiger partial charge >= 0.3 is 0 Å². The Morgan fingerprint density at radius 3 is 3.05 bits per heavy atom. The van der Waals surface area contributed by atoms with Gasteiger partial charge < -0.3 is 25.1 Å². The maximum atomic E-state index is 11.9. The topological polar surface area (TPSA) is 97.8 Å². The zero-order valence-corrected chi connectivity index (χ0v) is 12.8. The molecule has 1 aromatic rings. The molecule has 7 heteroatoms. The lowest BCUT2D eigenvalue weighted by molar-refractivity contribution is -0.123. The van der Waals surface area contributed by atoms with Gasteiger partial charge in [-0.1, -0.05) is 0 Å². The number of rotatable bonds is 7. The molecule has 1 unspecified atom stereocenters. The highest BCUT2D eigenvalue weighted by Gasteiger charge is 2.23. The van der Waals surface area contributed by atoms with Crippen molar-refractivity contribution in [1.29, 1.82) is 0 Å². The summed E-state index contributed by atoms with van der Waals surface area (Å²) in [5.74, 6) is 0.334. The summed E-state index contributed by atoms with van der Waals surface area (Å²) in [6, 6.07) is 3.36. The van der Waals surface area contributed by atoms with Crippen LogP contribution in [0.5, 0.6) is 0 Å². The number of methoxy groups -OCH3 is 1. The summed E-state index contributed by atoms with van der Waals surface area (Å²) >= 11 is 0. The molecule has 2 rings (SSSR count). The van der Waals surface area contributed by atoms with Crippen LogP contribution in [0.25, 0.3) is 0 Å². The molecular formula is C15H23N3O4. The molecule has 1 saturated heterocycles. The Balaban J connectivity index is 1.73. The number of piperidine rings is 1. The average Bonchev–Trinajstić information content (AvgIpc) is 2.96. The Morgan fingerprint density at radius 2 is 2.32 bits per heavy atom. The Morgan fingerprint density at radius 1 is 1.50 bits per heavy atom. The van der Waals surface area contributed by atoms with Gasteiger partial charge in [-0.15, -0.1) is 0 Å². The van der Waals surface area contributed by atoms with Gasteiger partial charge in [0.15, 0.2) is 5.76 Å². The molecule has 0 radical (unpaired) electrons. The van der Waals surface area contributed by atoms with Crippen LogP contribution in [0.1, 0.15) is 29.2 Å². The fraction of sp³-hybridized carbons (Fsp3) is 0.600. The van der Waals surface area contributed by atoms with E-state index in [1.165, 1.54) is 0 Å². The van der Waals surface area contributed by atoms with Gasteiger partial charge in [0.1, 0.15) is 12.4 Å². The third-order valence-electron chi connectivity index (χ3n) is 3.79. The zero-order valence-electron chi connectivity index (χ0n) is 12.8. The molecule has 1 aliphatic rings. The van der Waals surface area contributed by atoms with Crippen LogP contribution >= 0.6 is 0 Å². The second-order valence-corrected chi connectivity index (χ2v) is 5.50. The summed E-state index contributed by atoms with van der Waals surface area (Å²) in [7, 11) is 1.57. The lowest BCUT2D eigenvalue weighted by atomic mass is 9.97. The maximum Gasteiger partial charge on any atom is 0.287 e. The van der Waals surface area contributed by atoms with Crippen molar-refractivity contribution in [2.24, 2.45) is 11.7 Å². The maximum absolute atomic E-state index is 11.9. The molecule has 3 N–H and O–H groups in total. The van der Waals surface area contributed by atoms with Gasteiger partial charge in [0, 0.05) is 26.7 Å². The molecule has 2 amide bonds. The SMILES string of the molecule is COCc1ccc(C(=O)NCCN2CCCC(C(N)=O)C2)o1. The van der Waals surface area contributed by atoms with Crippen molar-refractivity contribution < 1.29 is 18.7 Å². The van der Waals surface area contributed by atoms with Crippen LogP contribution in [0.4, 0.5) is 0 Å². The number of nitrogens with two attached hydrogens (primary N) is 1. The number of likely N-dealkylation sites (tertiary alicyclic amines) is 1. The van der Waals surface area contributed by atoms with E-state index in [-0.39, 0.29) is 23.5 Å². The number of carbonyl (C=O) groups is 2. The first-order valence-corrected chi connectivity index (χ1v) is 7.47. The molecule has 22 heavy (non-hydrogen) atoms. The van der Waals surface area contributed by atoms with Gasteiger partial charge in [-0.3, -0.25) is 9.59 Å². The predicted molar refractivity (Wildman–Crippen MR) is 80.1 cm³/mol.